The molecule has 1 saturated heterocycles. The van der Waals surface area contributed by atoms with Gasteiger partial charge in [0.25, 0.3) is 0 Å². The minimum Gasteiger partial charge on any atom is -0.394 e. The van der Waals surface area contributed by atoms with E-state index in [0.29, 0.717) is 6.54 Å². The van der Waals surface area contributed by atoms with E-state index in [2.05, 4.69) is 27.9 Å². The predicted octanol–water partition coefficient (Wildman–Crippen LogP) is 0.585. The predicted molar refractivity (Wildman–Crippen MR) is 93.6 cm³/mol. The number of anilines is 2. The molecule has 0 spiro atoms. The Labute approximate surface area is 147 Å². The first-order valence-corrected chi connectivity index (χ1v) is 8.88. The molecule has 0 unspecified atom stereocenters. The molecule has 0 saturated carbocycles. The Morgan fingerprint density at radius 1 is 1.16 bits per heavy atom. The van der Waals surface area contributed by atoms with Gasteiger partial charge in [-0.25, -0.2) is 4.98 Å². The molecule has 0 bridgehead atoms. The third kappa shape index (κ3) is 3.19. The van der Waals surface area contributed by atoms with Crippen molar-refractivity contribution in [2.24, 2.45) is 0 Å². The van der Waals surface area contributed by atoms with E-state index in [4.69, 9.17) is 14.7 Å². The Morgan fingerprint density at radius 3 is 2.76 bits per heavy atom. The van der Waals surface area contributed by atoms with Gasteiger partial charge in [0.2, 0.25) is 5.95 Å². The van der Waals surface area contributed by atoms with Gasteiger partial charge in [-0.15, -0.1) is 0 Å². The quantitative estimate of drug-likeness (QED) is 0.850. The summed E-state index contributed by atoms with van der Waals surface area (Å²) in [7, 11) is 0. The Bertz CT molecular complexity index is 741. The van der Waals surface area contributed by atoms with Gasteiger partial charge in [-0.3, -0.25) is 4.68 Å². The lowest BCUT2D eigenvalue weighted by Crippen LogP contribution is -2.37. The molecule has 134 valence electrons. The van der Waals surface area contributed by atoms with Gasteiger partial charge in [0, 0.05) is 37.0 Å². The monoisotopic (exact) mass is 344 g/mol. The first kappa shape index (κ1) is 16.3. The van der Waals surface area contributed by atoms with Crippen LogP contribution in [-0.4, -0.2) is 57.8 Å². The van der Waals surface area contributed by atoms with Crippen LogP contribution in [0.15, 0.2) is 12.3 Å². The average molecular weight is 344 g/mol. The summed E-state index contributed by atoms with van der Waals surface area (Å²) in [4.78, 5) is 14.0. The van der Waals surface area contributed by atoms with Gasteiger partial charge >= 0.3 is 0 Å². The van der Waals surface area contributed by atoms with Crippen LogP contribution in [0.3, 0.4) is 0 Å². The standard InChI is InChI=1S/C17H24N6O2/c1-2-14-9-16(20-17(19-14)21-4-7-25-8-5-21)22-11-13-10-18-23(3-6-24)15(13)12-22/h9-10,24H,2-8,11-12H2,1H3. The molecule has 25 heavy (non-hydrogen) atoms. The van der Waals surface area contributed by atoms with Crippen molar-refractivity contribution in [3.05, 3.63) is 29.2 Å². The number of aryl methyl sites for hydroxylation is 1. The van der Waals surface area contributed by atoms with E-state index in [1.165, 1.54) is 11.3 Å². The van der Waals surface area contributed by atoms with Crippen LogP contribution < -0.4 is 9.80 Å². The normalized spacial score (nSPS) is 17.2. The first-order chi connectivity index (χ1) is 12.3. The fraction of sp³-hybridized carbons (Fsp3) is 0.588. The largest absolute Gasteiger partial charge is 0.394 e. The number of hydrogen-bond acceptors (Lipinski definition) is 7. The molecule has 0 amide bonds. The van der Waals surface area contributed by atoms with Crippen LogP contribution in [0, 0.1) is 0 Å². The smallest absolute Gasteiger partial charge is 0.227 e. The van der Waals surface area contributed by atoms with Crippen molar-refractivity contribution in [2.75, 3.05) is 42.7 Å². The second-order valence-corrected chi connectivity index (χ2v) is 6.39. The Hall–Kier alpha value is -2.19. The second-order valence-electron chi connectivity index (χ2n) is 6.39. The van der Waals surface area contributed by atoms with Crippen molar-refractivity contribution >= 4 is 11.8 Å². The lowest BCUT2D eigenvalue weighted by molar-refractivity contribution is 0.122. The highest BCUT2D eigenvalue weighted by Gasteiger charge is 2.26. The van der Waals surface area contributed by atoms with Crippen molar-refractivity contribution in [3.8, 4) is 0 Å². The average Bonchev–Trinajstić information content (AvgIpc) is 3.24. The maximum absolute atomic E-state index is 9.19. The molecular weight excluding hydrogens is 320 g/mol. The van der Waals surface area contributed by atoms with Crippen LogP contribution >= 0.6 is 0 Å². The summed E-state index contributed by atoms with van der Waals surface area (Å²) in [5, 5.41) is 13.5. The molecular formula is C17H24N6O2. The maximum Gasteiger partial charge on any atom is 0.227 e. The summed E-state index contributed by atoms with van der Waals surface area (Å²) < 4.78 is 7.33. The number of hydrogen-bond donors (Lipinski definition) is 1. The number of rotatable bonds is 5. The van der Waals surface area contributed by atoms with Gasteiger partial charge in [0.1, 0.15) is 5.82 Å². The molecule has 2 aliphatic heterocycles. The van der Waals surface area contributed by atoms with E-state index >= 15 is 0 Å². The van der Waals surface area contributed by atoms with Gasteiger partial charge in [0.05, 0.1) is 44.8 Å². The first-order valence-electron chi connectivity index (χ1n) is 8.88. The highest BCUT2D eigenvalue weighted by molar-refractivity contribution is 5.49. The molecule has 0 atom stereocenters. The number of aromatic nitrogens is 4. The molecule has 1 fully saturated rings. The van der Waals surface area contributed by atoms with E-state index in [0.717, 1.165) is 63.3 Å². The number of morpholine rings is 1. The third-order valence-corrected chi connectivity index (χ3v) is 4.78. The van der Waals surface area contributed by atoms with Crippen molar-refractivity contribution in [1.29, 1.82) is 0 Å². The summed E-state index contributed by atoms with van der Waals surface area (Å²) in [5.74, 6) is 1.76. The van der Waals surface area contributed by atoms with E-state index < -0.39 is 0 Å². The molecule has 0 aromatic carbocycles. The number of ether oxygens (including phenoxy) is 1. The van der Waals surface area contributed by atoms with E-state index in [9.17, 15) is 5.11 Å². The molecule has 2 aromatic heterocycles. The van der Waals surface area contributed by atoms with Crippen molar-refractivity contribution in [2.45, 2.75) is 33.0 Å². The van der Waals surface area contributed by atoms with Gasteiger partial charge in [0.15, 0.2) is 0 Å². The zero-order chi connectivity index (χ0) is 17.2. The van der Waals surface area contributed by atoms with E-state index in [-0.39, 0.29) is 6.61 Å². The highest BCUT2D eigenvalue weighted by atomic mass is 16.5. The van der Waals surface area contributed by atoms with Crippen LogP contribution in [0.5, 0.6) is 0 Å². The second kappa shape index (κ2) is 6.97. The minimum atomic E-state index is 0.1000. The van der Waals surface area contributed by atoms with E-state index in [1.54, 1.807) is 0 Å². The van der Waals surface area contributed by atoms with Crippen LogP contribution in [-0.2, 0) is 30.8 Å². The lowest BCUT2D eigenvalue weighted by Gasteiger charge is -2.28. The third-order valence-electron chi connectivity index (χ3n) is 4.78. The molecule has 4 heterocycles. The summed E-state index contributed by atoms with van der Waals surface area (Å²) in [5.41, 5.74) is 3.43. The van der Waals surface area contributed by atoms with Crippen LogP contribution in [0.25, 0.3) is 0 Å². The van der Waals surface area contributed by atoms with Crippen LogP contribution in [0.2, 0.25) is 0 Å². The summed E-state index contributed by atoms with van der Waals surface area (Å²) >= 11 is 0. The maximum atomic E-state index is 9.19. The topological polar surface area (TPSA) is 79.5 Å². The van der Waals surface area contributed by atoms with Crippen molar-refractivity contribution in [1.82, 2.24) is 19.7 Å². The SMILES string of the molecule is CCc1cc(N2Cc3cnn(CCO)c3C2)nc(N2CCOCC2)n1. The zero-order valence-electron chi connectivity index (χ0n) is 14.6. The molecule has 8 heteroatoms. The zero-order valence-corrected chi connectivity index (χ0v) is 14.6. The highest BCUT2D eigenvalue weighted by Crippen LogP contribution is 2.28. The van der Waals surface area contributed by atoms with Crippen LogP contribution in [0.4, 0.5) is 11.8 Å². The Kier molecular flexibility index (Phi) is 4.54. The van der Waals surface area contributed by atoms with E-state index in [1.807, 2.05) is 10.9 Å². The van der Waals surface area contributed by atoms with Gasteiger partial charge < -0.3 is 19.6 Å². The lowest BCUT2D eigenvalue weighted by atomic mass is 10.3. The Balaban J connectivity index is 1.59. The van der Waals surface area contributed by atoms with Crippen LogP contribution in [0.1, 0.15) is 23.9 Å². The molecule has 4 rings (SSSR count). The molecule has 2 aliphatic rings. The number of aliphatic hydroxyl groups is 1. The van der Waals surface area contributed by atoms with Crippen molar-refractivity contribution in [3.63, 3.8) is 0 Å². The molecule has 0 radical (unpaired) electrons. The Morgan fingerprint density at radius 2 is 2.00 bits per heavy atom. The van der Waals surface area contributed by atoms with Crippen molar-refractivity contribution < 1.29 is 9.84 Å². The summed E-state index contributed by atoms with van der Waals surface area (Å²) in [6.45, 7) is 7.42. The van der Waals surface area contributed by atoms with Gasteiger partial charge in [-0.1, -0.05) is 6.92 Å². The summed E-state index contributed by atoms with van der Waals surface area (Å²) in [6, 6.07) is 2.08. The fourth-order valence-corrected chi connectivity index (χ4v) is 3.37. The molecule has 0 aliphatic carbocycles. The number of nitrogens with zero attached hydrogens (tertiary/aromatic N) is 6. The molecule has 1 N–H and O–H groups in total. The molecule has 8 nitrogen and oxygen atoms in total. The summed E-state index contributed by atoms with van der Waals surface area (Å²) in [6.07, 6.45) is 2.78. The number of aliphatic hydroxyl groups excluding tert-OH is 1. The molecule has 2 aromatic rings. The minimum absolute atomic E-state index is 0.1000. The fourth-order valence-electron chi connectivity index (χ4n) is 3.37. The number of fused-ring (bicyclic) bond motifs is 1. The van der Waals surface area contributed by atoms with Gasteiger partial charge in [-0.2, -0.15) is 10.1 Å². The van der Waals surface area contributed by atoms with Gasteiger partial charge in [-0.05, 0) is 6.42 Å².